The summed E-state index contributed by atoms with van der Waals surface area (Å²) in [6, 6.07) is 20.7. The number of benzene rings is 3. The van der Waals surface area contributed by atoms with E-state index in [-0.39, 0.29) is 5.75 Å². The fourth-order valence-corrected chi connectivity index (χ4v) is 3.53. The Morgan fingerprint density at radius 3 is 2.50 bits per heavy atom. The minimum Gasteiger partial charge on any atom is -0.494 e. The van der Waals surface area contributed by atoms with Crippen molar-refractivity contribution in [3.05, 3.63) is 84.3 Å². The summed E-state index contributed by atoms with van der Waals surface area (Å²) in [5, 5.41) is 9.41. The first-order valence-electron chi connectivity index (χ1n) is 9.49. The molecular formula is C24H18FN3O2. The number of aromatic nitrogens is 3. The molecule has 0 fully saturated rings. The zero-order chi connectivity index (χ0) is 20.7. The van der Waals surface area contributed by atoms with E-state index < -0.39 is 5.82 Å². The predicted molar refractivity (Wildman–Crippen MR) is 113 cm³/mol. The number of halogens is 1. The summed E-state index contributed by atoms with van der Waals surface area (Å²) in [7, 11) is 1.44. The van der Waals surface area contributed by atoms with Gasteiger partial charge >= 0.3 is 0 Å². The average Bonchev–Trinajstić information content (AvgIpc) is 3.41. The summed E-state index contributed by atoms with van der Waals surface area (Å²) in [4.78, 5) is 0. The van der Waals surface area contributed by atoms with Gasteiger partial charge in [-0.1, -0.05) is 28.9 Å². The van der Waals surface area contributed by atoms with Crippen LogP contribution in [0.15, 0.2) is 77.4 Å². The number of fused-ring (bicyclic) bond motifs is 1. The highest BCUT2D eigenvalue weighted by molar-refractivity contribution is 5.94. The Morgan fingerprint density at radius 2 is 1.73 bits per heavy atom. The lowest BCUT2D eigenvalue weighted by Gasteiger charge is -2.08. The Bertz CT molecular complexity index is 1350. The molecule has 0 aliphatic rings. The van der Waals surface area contributed by atoms with Gasteiger partial charge in [-0.25, -0.2) is 9.07 Å². The number of hydrogen-bond acceptors (Lipinski definition) is 4. The van der Waals surface area contributed by atoms with Crippen LogP contribution < -0.4 is 4.74 Å². The summed E-state index contributed by atoms with van der Waals surface area (Å²) in [5.41, 5.74) is 5.36. The van der Waals surface area contributed by atoms with Crippen LogP contribution in [-0.4, -0.2) is 22.0 Å². The molecule has 5 aromatic rings. The van der Waals surface area contributed by atoms with E-state index in [9.17, 15) is 4.39 Å². The van der Waals surface area contributed by atoms with Crippen molar-refractivity contribution >= 4 is 10.9 Å². The second-order valence-electron chi connectivity index (χ2n) is 7.06. The highest BCUT2D eigenvalue weighted by Crippen LogP contribution is 2.34. The first-order chi connectivity index (χ1) is 14.6. The number of aryl methyl sites for hydroxylation is 1. The zero-order valence-electron chi connectivity index (χ0n) is 16.5. The molecular weight excluding hydrogens is 381 g/mol. The molecule has 2 aromatic heterocycles. The lowest BCUT2D eigenvalue weighted by Crippen LogP contribution is -1.98. The summed E-state index contributed by atoms with van der Waals surface area (Å²) < 4.78 is 26.7. The normalized spacial score (nSPS) is 11.2. The van der Waals surface area contributed by atoms with Gasteiger partial charge in [0.05, 0.1) is 30.1 Å². The number of hydrogen-bond donors (Lipinski definition) is 0. The van der Waals surface area contributed by atoms with Crippen molar-refractivity contribution in [2.45, 2.75) is 6.92 Å². The molecule has 5 rings (SSSR count). The molecule has 0 N–H and O–H groups in total. The van der Waals surface area contributed by atoms with Crippen LogP contribution in [0.4, 0.5) is 4.39 Å². The van der Waals surface area contributed by atoms with Gasteiger partial charge in [0.25, 0.3) is 0 Å². The Balaban J connectivity index is 1.62. The Kier molecular flexibility index (Phi) is 4.32. The molecule has 0 saturated heterocycles. The van der Waals surface area contributed by atoms with Gasteiger partial charge < -0.3 is 9.26 Å². The monoisotopic (exact) mass is 399 g/mol. The smallest absolute Gasteiger partial charge is 0.174 e. The first kappa shape index (κ1) is 18.1. The van der Waals surface area contributed by atoms with Gasteiger partial charge in [-0.05, 0) is 55.5 Å². The van der Waals surface area contributed by atoms with E-state index in [1.165, 1.54) is 18.7 Å². The molecule has 0 unspecified atom stereocenters. The molecule has 0 bridgehead atoms. The molecule has 3 aromatic carbocycles. The van der Waals surface area contributed by atoms with Crippen LogP contribution in [0.2, 0.25) is 0 Å². The second kappa shape index (κ2) is 7.15. The van der Waals surface area contributed by atoms with Gasteiger partial charge in [-0.2, -0.15) is 5.10 Å². The summed E-state index contributed by atoms with van der Waals surface area (Å²) in [6.45, 7) is 2.05. The fraction of sp³-hybridized carbons (Fsp3) is 0.0833. The summed E-state index contributed by atoms with van der Waals surface area (Å²) in [5.74, 6) is 0.244. The zero-order valence-corrected chi connectivity index (χ0v) is 16.5. The van der Waals surface area contributed by atoms with Crippen LogP contribution >= 0.6 is 0 Å². The maximum atomic E-state index is 14.2. The maximum absolute atomic E-state index is 14.2. The third-order valence-corrected chi connectivity index (χ3v) is 5.11. The largest absolute Gasteiger partial charge is 0.494 e. The second-order valence-corrected chi connectivity index (χ2v) is 7.06. The minimum atomic E-state index is -0.451. The van der Waals surface area contributed by atoms with E-state index in [0.717, 1.165) is 22.3 Å². The van der Waals surface area contributed by atoms with E-state index in [0.29, 0.717) is 16.8 Å². The van der Waals surface area contributed by atoms with E-state index >= 15 is 0 Å². The van der Waals surface area contributed by atoms with Crippen molar-refractivity contribution in [2.75, 3.05) is 7.11 Å². The average molecular weight is 399 g/mol. The number of methoxy groups -OCH3 is 1. The SMILES string of the molecule is COc1ccc(-c2onc3ccc(-c4ccnn4-c4ccc(C)cc4)cc23)cc1F. The highest BCUT2D eigenvalue weighted by Gasteiger charge is 2.16. The van der Waals surface area contributed by atoms with Crippen LogP contribution in [0.3, 0.4) is 0 Å². The third-order valence-electron chi connectivity index (χ3n) is 5.11. The molecule has 5 nitrogen and oxygen atoms in total. The minimum absolute atomic E-state index is 0.185. The van der Waals surface area contributed by atoms with Gasteiger partial charge in [0.1, 0.15) is 5.52 Å². The van der Waals surface area contributed by atoms with Crippen molar-refractivity contribution in [1.82, 2.24) is 14.9 Å². The van der Waals surface area contributed by atoms with Crippen LogP contribution in [-0.2, 0) is 0 Å². The fourth-order valence-electron chi connectivity index (χ4n) is 3.53. The van der Waals surface area contributed by atoms with E-state index in [1.807, 2.05) is 41.1 Å². The van der Waals surface area contributed by atoms with Crippen molar-refractivity contribution < 1.29 is 13.7 Å². The first-order valence-corrected chi connectivity index (χ1v) is 9.49. The molecule has 30 heavy (non-hydrogen) atoms. The van der Waals surface area contributed by atoms with Crippen LogP contribution in [0.25, 0.3) is 39.2 Å². The Morgan fingerprint density at radius 1 is 0.933 bits per heavy atom. The van der Waals surface area contributed by atoms with E-state index in [4.69, 9.17) is 9.26 Å². The quantitative estimate of drug-likeness (QED) is 0.383. The number of nitrogens with zero attached hydrogens (tertiary/aromatic N) is 3. The summed E-state index contributed by atoms with van der Waals surface area (Å²) in [6.07, 6.45) is 1.77. The predicted octanol–water partition coefficient (Wildman–Crippen LogP) is 5.80. The highest BCUT2D eigenvalue weighted by atomic mass is 19.1. The lowest BCUT2D eigenvalue weighted by atomic mass is 10.0. The Hall–Kier alpha value is -3.93. The van der Waals surface area contributed by atoms with Gasteiger partial charge in [-0.15, -0.1) is 0 Å². The molecule has 0 aliphatic heterocycles. The molecule has 0 saturated carbocycles. The standard InChI is InChI=1S/C24H18FN3O2/c1-15-3-7-18(8-4-15)28-22(11-12-26-28)16-5-9-21-19(13-16)24(30-27-21)17-6-10-23(29-2)20(25)14-17/h3-14H,1-2H3. The van der Waals surface area contributed by atoms with Crippen molar-refractivity contribution in [2.24, 2.45) is 0 Å². The molecule has 0 atom stereocenters. The van der Waals surface area contributed by atoms with Crippen molar-refractivity contribution in [3.8, 4) is 34.0 Å². The van der Waals surface area contributed by atoms with E-state index in [2.05, 4.69) is 29.3 Å². The van der Waals surface area contributed by atoms with Gasteiger partial charge in [-0.3, -0.25) is 0 Å². The maximum Gasteiger partial charge on any atom is 0.174 e. The van der Waals surface area contributed by atoms with Crippen LogP contribution in [0, 0.1) is 12.7 Å². The van der Waals surface area contributed by atoms with E-state index in [1.54, 1.807) is 18.3 Å². The van der Waals surface area contributed by atoms with Crippen molar-refractivity contribution in [1.29, 1.82) is 0 Å². The molecule has 148 valence electrons. The van der Waals surface area contributed by atoms with Gasteiger partial charge in [0, 0.05) is 11.1 Å². The molecule has 0 spiro atoms. The molecule has 0 amide bonds. The molecule has 0 radical (unpaired) electrons. The van der Waals surface area contributed by atoms with Crippen LogP contribution in [0.5, 0.6) is 5.75 Å². The molecule has 0 aliphatic carbocycles. The molecule has 6 heteroatoms. The topological polar surface area (TPSA) is 53.1 Å². The third kappa shape index (κ3) is 3.03. The van der Waals surface area contributed by atoms with Crippen molar-refractivity contribution in [3.63, 3.8) is 0 Å². The summed E-state index contributed by atoms with van der Waals surface area (Å²) >= 11 is 0. The number of ether oxygens (including phenoxy) is 1. The van der Waals surface area contributed by atoms with Gasteiger partial charge in [0.2, 0.25) is 0 Å². The molecule has 2 heterocycles. The Labute approximate surface area is 172 Å². The number of rotatable bonds is 4. The lowest BCUT2D eigenvalue weighted by molar-refractivity contribution is 0.386. The van der Waals surface area contributed by atoms with Crippen LogP contribution in [0.1, 0.15) is 5.56 Å². The van der Waals surface area contributed by atoms with Gasteiger partial charge in [0.15, 0.2) is 17.3 Å².